The van der Waals surface area contributed by atoms with Gasteiger partial charge in [-0.05, 0) is 51.7 Å². The molecular weight excluding hydrogens is 321 g/mol. The molecule has 0 aliphatic rings. The lowest BCUT2D eigenvalue weighted by Gasteiger charge is -2.10. The summed E-state index contributed by atoms with van der Waals surface area (Å²) in [7, 11) is 0. The molecule has 20 heavy (non-hydrogen) atoms. The van der Waals surface area contributed by atoms with Crippen LogP contribution in [-0.2, 0) is 13.0 Å². The topological polar surface area (TPSA) is 29.1 Å². The van der Waals surface area contributed by atoms with E-state index in [0.717, 1.165) is 12.0 Å². The van der Waals surface area contributed by atoms with Crippen LogP contribution in [0, 0.1) is 5.82 Å². The summed E-state index contributed by atoms with van der Waals surface area (Å²) in [6, 6.07) is 12.0. The summed E-state index contributed by atoms with van der Waals surface area (Å²) in [6.45, 7) is 2.51. The predicted molar refractivity (Wildman–Crippen MR) is 81.1 cm³/mol. The fraction of sp³-hybridized carbons (Fsp3) is 0.188. The van der Waals surface area contributed by atoms with Crippen LogP contribution >= 0.6 is 15.9 Å². The molecule has 0 aromatic heterocycles. The first-order valence-electron chi connectivity index (χ1n) is 6.42. The third-order valence-electron chi connectivity index (χ3n) is 3.11. The van der Waals surface area contributed by atoms with Crippen LogP contribution in [0.2, 0.25) is 0 Å². The summed E-state index contributed by atoms with van der Waals surface area (Å²) in [6.07, 6.45) is 0.912. The van der Waals surface area contributed by atoms with Crippen LogP contribution in [0.15, 0.2) is 46.9 Å². The second-order valence-corrected chi connectivity index (χ2v) is 5.28. The molecule has 0 aliphatic carbocycles. The Morgan fingerprint density at radius 3 is 2.60 bits per heavy atom. The molecule has 0 saturated heterocycles. The Hall–Kier alpha value is -1.68. The molecule has 1 N–H and O–H groups in total. The highest BCUT2D eigenvalue weighted by atomic mass is 79.9. The molecule has 0 unspecified atom stereocenters. The maximum atomic E-state index is 13.2. The van der Waals surface area contributed by atoms with Gasteiger partial charge < -0.3 is 5.32 Å². The molecule has 0 radical (unpaired) electrons. The van der Waals surface area contributed by atoms with Gasteiger partial charge in [0.25, 0.3) is 5.91 Å². The molecular formula is C16H15BrFNO. The molecule has 4 heteroatoms. The Balaban J connectivity index is 2.11. The van der Waals surface area contributed by atoms with E-state index >= 15 is 0 Å². The van der Waals surface area contributed by atoms with E-state index in [1.807, 2.05) is 24.3 Å². The van der Waals surface area contributed by atoms with E-state index in [9.17, 15) is 9.18 Å². The van der Waals surface area contributed by atoms with E-state index in [1.165, 1.54) is 23.8 Å². The van der Waals surface area contributed by atoms with Crippen molar-refractivity contribution < 1.29 is 9.18 Å². The molecule has 2 aromatic rings. The lowest BCUT2D eigenvalue weighted by atomic mass is 10.1. The maximum Gasteiger partial charge on any atom is 0.252 e. The number of benzene rings is 2. The Morgan fingerprint density at radius 1 is 1.20 bits per heavy atom. The van der Waals surface area contributed by atoms with Crippen molar-refractivity contribution in [3.05, 3.63) is 69.4 Å². The number of hydrogen-bond donors (Lipinski definition) is 1. The molecule has 104 valence electrons. The van der Waals surface area contributed by atoms with Gasteiger partial charge in [0.2, 0.25) is 0 Å². The van der Waals surface area contributed by atoms with Crippen LogP contribution in [0.4, 0.5) is 4.39 Å². The Kier molecular flexibility index (Phi) is 4.90. The lowest BCUT2D eigenvalue weighted by Crippen LogP contribution is -2.23. The number of carbonyl (C=O) groups excluding carboxylic acids is 1. The van der Waals surface area contributed by atoms with E-state index < -0.39 is 5.82 Å². The Morgan fingerprint density at radius 2 is 1.90 bits per heavy atom. The van der Waals surface area contributed by atoms with Crippen LogP contribution in [0.25, 0.3) is 0 Å². The SMILES string of the molecule is CCc1ccccc1CNC(=O)c1cc(F)ccc1Br. The zero-order chi connectivity index (χ0) is 14.5. The smallest absolute Gasteiger partial charge is 0.252 e. The largest absolute Gasteiger partial charge is 0.348 e. The number of hydrogen-bond acceptors (Lipinski definition) is 1. The first-order chi connectivity index (χ1) is 9.61. The number of aryl methyl sites for hydroxylation is 1. The average Bonchev–Trinajstić information content (AvgIpc) is 2.47. The van der Waals surface area contributed by atoms with Crippen molar-refractivity contribution in [2.24, 2.45) is 0 Å². The maximum absolute atomic E-state index is 13.2. The summed E-state index contributed by atoms with van der Waals surface area (Å²) >= 11 is 3.26. The third kappa shape index (κ3) is 3.45. The first kappa shape index (κ1) is 14.7. The molecule has 0 aliphatic heterocycles. The van der Waals surface area contributed by atoms with Gasteiger partial charge in [0.1, 0.15) is 5.82 Å². The molecule has 2 aromatic carbocycles. The van der Waals surface area contributed by atoms with Crippen molar-refractivity contribution in [1.82, 2.24) is 5.32 Å². The monoisotopic (exact) mass is 335 g/mol. The van der Waals surface area contributed by atoms with E-state index in [2.05, 4.69) is 28.2 Å². The number of rotatable bonds is 4. The van der Waals surface area contributed by atoms with Crippen LogP contribution in [0.5, 0.6) is 0 Å². The zero-order valence-corrected chi connectivity index (χ0v) is 12.7. The van der Waals surface area contributed by atoms with Gasteiger partial charge in [0, 0.05) is 11.0 Å². The van der Waals surface area contributed by atoms with Gasteiger partial charge in [-0.3, -0.25) is 4.79 Å². The van der Waals surface area contributed by atoms with Crippen LogP contribution in [0.1, 0.15) is 28.4 Å². The molecule has 0 saturated carbocycles. The summed E-state index contributed by atoms with van der Waals surface area (Å²) in [4.78, 5) is 12.1. The molecule has 2 rings (SSSR count). The fourth-order valence-electron chi connectivity index (χ4n) is 2.02. The number of amides is 1. The zero-order valence-electron chi connectivity index (χ0n) is 11.1. The molecule has 0 atom stereocenters. The van der Waals surface area contributed by atoms with Gasteiger partial charge >= 0.3 is 0 Å². The van der Waals surface area contributed by atoms with Gasteiger partial charge in [-0.25, -0.2) is 4.39 Å². The highest BCUT2D eigenvalue weighted by Crippen LogP contribution is 2.18. The van der Waals surface area contributed by atoms with Gasteiger partial charge in [-0.15, -0.1) is 0 Å². The second-order valence-electron chi connectivity index (χ2n) is 4.43. The summed E-state index contributed by atoms with van der Waals surface area (Å²) in [5, 5.41) is 2.82. The fourth-order valence-corrected chi connectivity index (χ4v) is 2.44. The summed E-state index contributed by atoms with van der Waals surface area (Å²) in [5.74, 6) is -0.713. The van der Waals surface area contributed by atoms with E-state index in [0.29, 0.717) is 16.6 Å². The van der Waals surface area contributed by atoms with Crippen LogP contribution < -0.4 is 5.32 Å². The summed E-state index contributed by atoms with van der Waals surface area (Å²) < 4.78 is 13.8. The average molecular weight is 336 g/mol. The van der Waals surface area contributed by atoms with Crippen molar-refractivity contribution in [1.29, 1.82) is 0 Å². The van der Waals surface area contributed by atoms with E-state index in [1.54, 1.807) is 0 Å². The van der Waals surface area contributed by atoms with Gasteiger partial charge in [0.15, 0.2) is 0 Å². The standard InChI is InChI=1S/C16H15BrFNO/c1-2-11-5-3-4-6-12(11)10-19-16(20)14-9-13(18)7-8-15(14)17/h3-9H,2,10H2,1H3,(H,19,20). The van der Waals surface area contributed by atoms with Gasteiger partial charge in [-0.2, -0.15) is 0 Å². The van der Waals surface area contributed by atoms with Crippen molar-refractivity contribution in [2.75, 3.05) is 0 Å². The highest BCUT2D eigenvalue weighted by Gasteiger charge is 2.11. The van der Waals surface area contributed by atoms with Crippen LogP contribution in [-0.4, -0.2) is 5.91 Å². The normalized spacial score (nSPS) is 10.3. The summed E-state index contributed by atoms with van der Waals surface area (Å²) in [5.41, 5.74) is 2.58. The molecule has 0 bridgehead atoms. The second kappa shape index (κ2) is 6.66. The first-order valence-corrected chi connectivity index (χ1v) is 7.21. The number of nitrogens with one attached hydrogen (secondary N) is 1. The lowest BCUT2D eigenvalue weighted by molar-refractivity contribution is 0.0949. The van der Waals surface area contributed by atoms with Crippen molar-refractivity contribution in [3.63, 3.8) is 0 Å². The van der Waals surface area contributed by atoms with Crippen molar-refractivity contribution in [3.8, 4) is 0 Å². The Bertz CT molecular complexity index is 628. The van der Waals surface area contributed by atoms with Crippen molar-refractivity contribution >= 4 is 21.8 Å². The minimum absolute atomic E-state index is 0.290. The molecule has 0 fully saturated rings. The number of halogens is 2. The van der Waals surface area contributed by atoms with Crippen molar-refractivity contribution in [2.45, 2.75) is 19.9 Å². The highest BCUT2D eigenvalue weighted by molar-refractivity contribution is 9.10. The van der Waals surface area contributed by atoms with Gasteiger partial charge in [-0.1, -0.05) is 31.2 Å². The third-order valence-corrected chi connectivity index (χ3v) is 3.80. The molecule has 2 nitrogen and oxygen atoms in total. The van der Waals surface area contributed by atoms with Crippen LogP contribution in [0.3, 0.4) is 0 Å². The predicted octanol–water partition coefficient (Wildman–Crippen LogP) is 4.08. The number of carbonyl (C=O) groups is 1. The Labute approximate surface area is 126 Å². The molecule has 0 spiro atoms. The molecule has 1 amide bonds. The molecule has 0 heterocycles. The van der Waals surface area contributed by atoms with E-state index in [-0.39, 0.29) is 5.91 Å². The minimum Gasteiger partial charge on any atom is -0.348 e. The minimum atomic E-state index is -0.424. The van der Waals surface area contributed by atoms with Gasteiger partial charge in [0.05, 0.1) is 5.56 Å². The van der Waals surface area contributed by atoms with E-state index in [4.69, 9.17) is 0 Å². The quantitative estimate of drug-likeness (QED) is 0.896.